The van der Waals surface area contributed by atoms with Crippen molar-refractivity contribution in [3.05, 3.63) is 29.8 Å². The van der Waals surface area contributed by atoms with Crippen LogP contribution in [0.25, 0.3) is 0 Å². The molecule has 0 bridgehead atoms. The molecule has 0 saturated carbocycles. The monoisotopic (exact) mass is 280 g/mol. The molecule has 2 atom stereocenters. The van der Waals surface area contributed by atoms with Gasteiger partial charge in [-0.15, -0.1) is 0 Å². The number of rotatable bonds is 3. The van der Waals surface area contributed by atoms with Gasteiger partial charge in [0.05, 0.1) is 24.5 Å². The summed E-state index contributed by atoms with van der Waals surface area (Å²) in [6.45, 7) is 3.14. The summed E-state index contributed by atoms with van der Waals surface area (Å²) in [4.78, 5) is 6.07. The highest BCUT2D eigenvalue weighted by molar-refractivity contribution is 5.12. The molecule has 4 nitrogen and oxygen atoms in total. The fourth-order valence-corrected chi connectivity index (χ4v) is 3.34. The van der Waals surface area contributed by atoms with E-state index in [-0.39, 0.29) is 17.5 Å². The normalized spacial score (nSPS) is 31.0. The lowest BCUT2D eigenvalue weighted by atomic mass is 9.89. The van der Waals surface area contributed by atoms with Crippen molar-refractivity contribution in [1.82, 2.24) is 9.88 Å². The van der Waals surface area contributed by atoms with Gasteiger partial charge < -0.3 is 9.47 Å². The lowest BCUT2D eigenvalue weighted by Crippen LogP contribution is -2.47. The van der Waals surface area contributed by atoms with Crippen molar-refractivity contribution < 1.29 is 13.9 Å². The van der Waals surface area contributed by atoms with Gasteiger partial charge >= 0.3 is 0 Å². The Morgan fingerprint density at radius 3 is 3.25 bits per heavy atom. The molecule has 2 saturated heterocycles. The molecule has 0 aromatic carbocycles. The average Bonchev–Trinajstić information content (AvgIpc) is 2.84. The Morgan fingerprint density at radius 2 is 2.50 bits per heavy atom. The van der Waals surface area contributed by atoms with Crippen LogP contribution >= 0.6 is 0 Å². The number of aromatic nitrogens is 1. The van der Waals surface area contributed by atoms with Crippen molar-refractivity contribution in [2.75, 3.05) is 26.8 Å². The van der Waals surface area contributed by atoms with E-state index in [1.54, 1.807) is 19.4 Å². The molecule has 20 heavy (non-hydrogen) atoms. The van der Waals surface area contributed by atoms with Crippen molar-refractivity contribution in [1.29, 1.82) is 0 Å². The van der Waals surface area contributed by atoms with Crippen LogP contribution < -0.4 is 0 Å². The topological polar surface area (TPSA) is 34.6 Å². The molecule has 0 N–H and O–H groups in total. The van der Waals surface area contributed by atoms with E-state index in [9.17, 15) is 4.39 Å². The molecule has 0 aliphatic carbocycles. The minimum atomic E-state index is -0.228. The Kier molecular flexibility index (Phi) is 4.01. The lowest BCUT2D eigenvalue weighted by molar-refractivity contribution is -0.0544. The van der Waals surface area contributed by atoms with Gasteiger partial charge in [0, 0.05) is 38.4 Å². The van der Waals surface area contributed by atoms with Crippen LogP contribution in [0.4, 0.5) is 4.39 Å². The van der Waals surface area contributed by atoms with Crippen molar-refractivity contribution in [2.45, 2.75) is 37.5 Å². The van der Waals surface area contributed by atoms with Gasteiger partial charge in [-0.1, -0.05) is 0 Å². The summed E-state index contributed by atoms with van der Waals surface area (Å²) in [5, 5.41) is 0. The number of ether oxygens (including phenoxy) is 2. The molecule has 2 fully saturated rings. The summed E-state index contributed by atoms with van der Waals surface area (Å²) < 4.78 is 25.1. The molecule has 1 aromatic heterocycles. The first-order chi connectivity index (χ1) is 9.71. The van der Waals surface area contributed by atoms with E-state index in [2.05, 4.69) is 9.88 Å². The maximum atomic E-state index is 13.7. The number of nitrogens with zero attached hydrogens (tertiary/aromatic N) is 2. The Morgan fingerprint density at radius 1 is 1.60 bits per heavy atom. The van der Waals surface area contributed by atoms with Crippen LogP contribution in [0.5, 0.6) is 0 Å². The molecule has 0 radical (unpaired) electrons. The third kappa shape index (κ3) is 2.85. The van der Waals surface area contributed by atoms with Crippen molar-refractivity contribution in [2.24, 2.45) is 0 Å². The predicted molar refractivity (Wildman–Crippen MR) is 72.8 cm³/mol. The van der Waals surface area contributed by atoms with E-state index in [4.69, 9.17) is 9.47 Å². The van der Waals surface area contributed by atoms with Gasteiger partial charge in [-0.2, -0.15) is 0 Å². The van der Waals surface area contributed by atoms with Crippen LogP contribution in [0.1, 0.15) is 24.8 Å². The molecule has 3 heterocycles. The van der Waals surface area contributed by atoms with E-state index < -0.39 is 0 Å². The molecule has 5 heteroatoms. The second kappa shape index (κ2) is 5.76. The van der Waals surface area contributed by atoms with Gasteiger partial charge in [0.25, 0.3) is 0 Å². The van der Waals surface area contributed by atoms with Crippen molar-refractivity contribution >= 4 is 0 Å². The molecule has 0 amide bonds. The zero-order valence-electron chi connectivity index (χ0n) is 11.8. The Balaban J connectivity index is 1.66. The quantitative estimate of drug-likeness (QED) is 0.848. The maximum Gasteiger partial charge on any atom is 0.145 e. The summed E-state index contributed by atoms with van der Waals surface area (Å²) in [7, 11) is 1.74. The predicted octanol–water partition coefficient (Wildman–Crippen LogP) is 1.99. The first kappa shape index (κ1) is 13.9. The van der Waals surface area contributed by atoms with E-state index in [0.717, 1.165) is 32.4 Å². The van der Waals surface area contributed by atoms with Crippen LogP contribution in [-0.4, -0.2) is 48.4 Å². The van der Waals surface area contributed by atoms with Gasteiger partial charge in [-0.3, -0.25) is 9.88 Å². The fraction of sp³-hybridized carbons (Fsp3) is 0.667. The van der Waals surface area contributed by atoms with E-state index in [1.165, 1.54) is 6.20 Å². The summed E-state index contributed by atoms with van der Waals surface area (Å²) >= 11 is 0. The largest absolute Gasteiger partial charge is 0.379 e. The minimum Gasteiger partial charge on any atom is -0.379 e. The minimum absolute atomic E-state index is 0.0948. The third-order valence-corrected chi connectivity index (χ3v) is 4.38. The number of hydrogen-bond acceptors (Lipinski definition) is 4. The van der Waals surface area contributed by atoms with Crippen LogP contribution in [0.15, 0.2) is 18.5 Å². The van der Waals surface area contributed by atoms with Gasteiger partial charge in [0.2, 0.25) is 0 Å². The standard InChI is InChI=1S/C15H21FN2O2/c1-19-13-7-15(20-10-13)4-2-6-18(11-15)9-12-3-5-17-8-14(12)16/h3,5,8,13H,2,4,6-7,9-11H2,1H3. The summed E-state index contributed by atoms with van der Waals surface area (Å²) in [6, 6.07) is 1.75. The molecular formula is C15H21FN2O2. The number of halogens is 1. The first-order valence-electron chi connectivity index (χ1n) is 7.18. The number of piperidine rings is 1. The highest BCUT2D eigenvalue weighted by Crippen LogP contribution is 2.36. The Bertz CT molecular complexity index is 471. The molecule has 110 valence electrons. The van der Waals surface area contributed by atoms with E-state index >= 15 is 0 Å². The zero-order chi connectivity index (χ0) is 14.0. The van der Waals surface area contributed by atoms with Gasteiger partial charge in [-0.05, 0) is 25.5 Å². The summed E-state index contributed by atoms with van der Waals surface area (Å²) in [6.07, 6.45) is 6.23. The van der Waals surface area contributed by atoms with Crippen molar-refractivity contribution in [3.8, 4) is 0 Å². The van der Waals surface area contributed by atoms with Crippen LogP contribution in [0.3, 0.4) is 0 Å². The Hall–Kier alpha value is -1.04. The van der Waals surface area contributed by atoms with Gasteiger partial charge in [0.15, 0.2) is 0 Å². The highest BCUT2D eigenvalue weighted by Gasteiger charge is 2.43. The fourth-order valence-electron chi connectivity index (χ4n) is 3.34. The molecule has 3 rings (SSSR count). The second-order valence-corrected chi connectivity index (χ2v) is 5.84. The molecule has 2 aliphatic heterocycles. The molecule has 1 aromatic rings. The van der Waals surface area contributed by atoms with Crippen LogP contribution in [0.2, 0.25) is 0 Å². The number of pyridine rings is 1. The second-order valence-electron chi connectivity index (χ2n) is 5.84. The molecular weight excluding hydrogens is 259 g/mol. The van der Waals surface area contributed by atoms with Crippen LogP contribution in [0, 0.1) is 5.82 Å². The van der Waals surface area contributed by atoms with Crippen molar-refractivity contribution in [3.63, 3.8) is 0 Å². The molecule has 2 aliphatic rings. The number of methoxy groups -OCH3 is 1. The Labute approximate surface area is 118 Å². The summed E-state index contributed by atoms with van der Waals surface area (Å²) in [5.74, 6) is -0.228. The SMILES string of the molecule is COC1COC2(CCCN(Cc3ccncc3F)C2)C1. The smallest absolute Gasteiger partial charge is 0.145 e. The van der Waals surface area contributed by atoms with E-state index in [1.807, 2.05) is 0 Å². The number of hydrogen-bond donors (Lipinski definition) is 0. The van der Waals surface area contributed by atoms with E-state index in [0.29, 0.717) is 18.7 Å². The third-order valence-electron chi connectivity index (χ3n) is 4.38. The van der Waals surface area contributed by atoms with Crippen LogP contribution in [-0.2, 0) is 16.0 Å². The highest BCUT2D eigenvalue weighted by atomic mass is 19.1. The van der Waals surface area contributed by atoms with Gasteiger partial charge in [0.1, 0.15) is 5.82 Å². The van der Waals surface area contributed by atoms with Gasteiger partial charge in [-0.25, -0.2) is 4.39 Å². The maximum absolute atomic E-state index is 13.7. The first-order valence-corrected chi connectivity index (χ1v) is 7.18. The number of likely N-dealkylation sites (tertiary alicyclic amines) is 1. The molecule has 1 spiro atoms. The molecule has 2 unspecified atom stereocenters. The summed E-state index contributed by atoms with van der Waals surface area (Å²) in [5.41, 5.74) is 0.612. The zero-order valence-corrected chi connectivity index (χ0v) is 11.8. The average molecular weight is 280 g/mol. The lowest BCUT2D eigenvalue weighted by Gasteiger charge is -2.39.